The molecule has 0 aliphatic rings. The smallest absolute Gasteiger partial charge is 0.0175 e. The van der Waals surface area contributed by atoms with Gasteiger partial charge in [0.2, 0.25) is 0 Å². The Bertz CT molecular complexity index is 258. The van der Waals surface area contributed by atoms with Crippen molar-refractivity contribution in [2.45, 2.75) is 19.4 Å². The van der Waals surface area contributed by atoms with Gasteiger partial charge in [-0.2, -0.15) is 0 Å². The van der Waals surface area contributed by atoms with Gasteiger partial charge in [0, 0.05) is 23.6 Å². The predicted octanol–water partition coefficient (Wildman–Crippen LogP) is 1.93. The predicted molar refractivity (Wildman–Crippen MR) is 64.4 cm³/mol. The molecular weight excluding hydrogens is 240 g/mol. The van der Waals surface area contributed by atoms with Crippen molar-refractivity contribution in [3.05, 3.63) is 34.3 Å². The van der Waals surface area contributed by atoms with Gasteiger partial charge < -0.3 is 11.1 Å². The van der Waals surface area contributed by atoms with E-state index in [1.165, 1.54) is 5.56 Å². The molecule has 0 saturated heterocycles. The minimum absolute atomic E-state index is 0.486. The Morgan fingerprint density at radius 2 is 2.00 bits per heavy atom. The van der Waals surface area contributed by atoms with Gasteiger partial charge in [0.15, 0.2) is 0 Å². The highest BCUT2D eigenvalue weighted by atomic mass is 79.9. The number of benzene rings is 1. The van der Waals surface area contributed by atoms with Gasteiger partial charge in [-0.3, -0.25) is 0 Å². The molecule has 3 heteroatoms. The number of hydrogen-bond acceptors (Lipinski definition) is 2. The van der Waals surface area contributed by atoms with Gasteiger partial charge in [0.05, 0.1) is 0 Å². The van der Waals surface area contributed by atoms with Crippen molar-refractivity contribution < 1.29 is 0 Å². The molecule has 3 N–H and O–H groups in total. The van der Waals surface area contributed by atoms with Crippen LogP contribution >= 0.6 is 15.9 Å². The Hall–Kier alpha value is -0.380. The number of hydrogen-bond donors (Lipinski definition) is 2. The van der Waals surface area contributed by atoms with Crippen molar-refractivity contribution in [3.8, 4) is 0 Å². The standard InChI is InChI=1S/C11H17BrN2/c1-9(14-7-6-13)8-10-2-4-11(12)5-3-10/h2-5,9,14H,6-8,13H2,1H3. The highest BCUT2D eigenvalue weighted by molar-refractivity contribution is 9.10. The molecule has 1 rings (SSSR count). The van der Waals surface area contributed by atoms with Gasteiger partial charge >= 0.3 is 0 Å². The van der Waals surface area contributed by atoms with Crippen LogP contribution in [0.1, 0.15) is 12.5 Å². The van der Waals surface area contributed by atoms with Gasteiger partial charge in [-0.05, 0) is 31.0 Å². The Morgan fingerprint density at radius 3 is 2.57 bits per heavy atom. The largest absolute Gasteiger partial charge is 0.329 e. The average molecular weight is 257 g/mol. The minimum atomic E-state index is 0.486. The summed E-state index contributed by atoms with van der Waals surface area (Å²) in [6.07, 6.45) is 1.05. The summed E-state index contributed by atoms with van der Waals surface area (Å²) >= 11 is 3.42. The molecule has 0 amide bonds. The first-order chi connectivity index (χ1) is 6.72. The maximum absolute atomic E-state index is 5.42. The summed E-state index contributed by atoms with van der Waals surface area (Å²) in [6.45, 7) is 3.76. The Balaban J connectivity index is 2.39. The summed E-state index contributed by atoms with van der Waals surface area (Å²) in [5, 5.41) is 3.36. The molecular formula is C11H17BrN2. The number of halogens is 1. The molecule has 0 aromatic heterocycles. The summed E-state index contributed by atoms with van der Waals surface area (Å²) in [7, 11) is 0. The van der Waals surface area contributed by atoms with E-state index in [-0.39, 0.29) is 0 Å². The molecule has 1 aromatic rings. The molecule has 0 radical (unpaired) electrons. The van der Waals surface area contributed by atoms with Crippen LogP contribution in [0.5, 0.6) is 0 Å². The summed E-state index contributed by atoms with van der Waals surface area (Å²) in [6, 6.07) is 8.92. The molecule has 0 aliphatic carbocycles. The topological polar surface area (TPSA) is 38.0 Å². The number of nitrogens with one attached hydrogen (secondary N) is 1. The zero-order chi connectivity index (χ0) is 10.4. The number of rotatable bonds is 5. The first-order valence-corrected chi connectivity index (χ1v) is 5.69. The maximum Gasteiger partial charge on any atom is 0.0175 e. The molecule has 0 fully saturated rings. The fourth-order valence-corrected chi connectivity index (χ4v) is 1.64. The molecule has 1 atom stereocenters. The van der Waals surface area contributed by atoms with Crippen LogP contribution in [0.2, 0.25) is 0 Å². The van der Waals surface area contributed by atoms with Crippen molar-refractivity contribution in [2.24, 2.45) is 5.73 Å². The zero-order valence-electron chi connectivity index (χ0n) is 8.46. The van der Waals surface area contributed by atoms with E-state index in [4.69, 9.17) is 5.73 Å². The van der Waals surface area contributed by atoms with E-state index in [0.29, 0.717) is 12.6 Å². The fourth-order valence-electron chi connectivity index (χ4n) is 1.38. The van der Waals surface area contributed by atoms with E-state index in [9.17, 15) is 0 Å². The van der Waals surface area contributed by atoms with Crippen molar-refractivity contribution in [1.29, 1.82) is 0 Å². The Kier molecular flexibility index (Phi) is 5.15. The lowest BCUT2D eigenvalue weighted by Crippen LogP contribution is -2.32. The average Bonchev–Trinajstić information content (AvgIpc) is 2.18. The van der Waals surface area contributed by atoms with Crippen LogP contribution in [0.3, 0.4) is 0 Å². The molecule has 0 aliphatic heterocycles. The quantitative estimate of drug-likeness (QED) is 0.845. The molecule has 14 heavy (non-hydrogen) atoms. The van der Waals surface area contributed by atoms with E-state index < -0.39 is 0 Å². The molecule has 0 heterocycles. The lowest BCUT2D eigenvalue weighted by atomic mass is 10.1. The summed E-state index contributed by atoms with van der Waals surface area (Å²) in [4.78, 5) is 0. The van der Waals surface area contributed by atoms with Crippen LogP contribution in [-0.4, -0.2) is 19.1 Å². The van der Waals surface area contributed by atoms with Crippen LogP contribution in [0.4, 0.5) is 0 Å². The molecule has 0 saturated carbocycles. The highest BCUT2D eigenvalue weighted by Crippen LogP contribution is 2.11. The molecule has 0 bridgehead atoms. The maximum atomic E-state index is 5.42. The Labute approximate surface area is 94.0 Å². The second-order valence-electron chi connectivity index (χ2n) is 3.47. The third-order valence-electron chi connectivity index (χ3n) is 2.09. The van der Waals surface area contributed by atoms with Gasteiger partial charge in [0.1, 0.15) is 0 Å². The van der Waals surface area contributed by atoms with Crippen molar-refractivity contribution >= 4 is 15.9 Å². The minimum Gasteiger partial charge on any atom is -0.329 e. The van der Waals surface area contributed by atoms with E-state index >= 15 is 0 Å². The third kappa shape index (κ3) is 4.22. The van der Waals surface area contributed by atoms with Crippen molar-refractivity contribution in [3.63, 3.8) is 0 Å². The fraction of sp³-hybridized carbons (Fsp3) is 0.455. The first kappa shape index (κ1) is 11.7. The normalized spacial score (nSPS) is 12.8. The first-order valence-electron chi connectivity index (χ1n) is 4.90. The second kappa shape index (κ2) is 6.17. The summed E-state index contributed by atoms with van der Waals surface area (Å²) in [5.41, 5.74) is 6.77. The van der Waals surface area contributed by atoms with E-state index in [2.05, 4.69) is 52.4 Å². The van der Waals surface area contributed by atoms with Crippen molar-refractivity contribution in [1.82, 2.24) is 5.32 Å². The van der Waals surface area contributed by atoms with Crippen LogP contribution in [0, 0.1) is 0 Å². The SMILES string of the molecule is CC(Cc1ccc(Br)cc1)NCCN. The summed E-state index contributed by atoms with van der Waals surface area (Å²) < 4.78 is 1.13. The lowest BCUT2D eigenvalue weighted by Gasteiger charge is -2.12. The Morgan fingerprint density at radius 1 is 1.36 bits per heavy atom. The lowest BCUT2D eigenvalue weighted by molar-refractivity contribution is 0.553. The monoisotopic (exact) mass is 256 g/mol. The molecule has 0 spiro atoms. The van der Waals surface area contributed by atoms with Crippen LogP contribution in [-0.2, 0) is 6.42 Å². The van der Waals surface area contributed by atoms with Crippen molar-refractivity contribution in [2.75, 3.05) is 13.1 Å². The molecule has 1 aromatic carbocycles. The van der Waals surface area contributed by atoms with E-state index in [1.807, 2.05) is 0 Å². The summed E-state index contributed by atoms with van der Waals surface area (Å²) in [5.74, 6) is 0. The zero-order valence-corrected chi connectivity index (χ0v) is 10.0. The molecule has 2 nitrogen and oxygen atoms in total. The van der Waals surface area contributed by atoms with Gasteiger partial charge in [-0.1, -0.05) is 28.1 Å². The second-order valence-corrected chi connectivity index (χ2v) is 4.39. The highest BCUT2D eigenvalue weighted by Gasteiger charge is 2.01. The third-order valence-corrected chi connectivity index (χ3v) is 2.62. The number of nitrogens with two attached hydrogens (primary N) is 1. The molecule has 78 valence electrons. The van der Waals surface area contributed by atoms with E-state index in [1.54, 1.807) is 0 Å². The van der Waals surface area contributed by atoms with Crippen LogP contribution < -0.4 is 11.1 Å². The van der Waals surface area contributed by atoms with Gasteiger partial charge in [-0.15, -0.1) is 0 Å². The van der Waals surface area contributed by atoms with Crippen LogP contribution in [0.25, 0.3) is 0 Å². The van der Waals surface area contributed by atoms with E-state index in [0.717, 1.165) is 17.4 Å². The van der Waals surface area contributed by atoms with Crippen LogP contribution in [0.15, 0.2) is 28.7 Å². The van der Waals surface area contributed by atoms with Gasteiger partial charge in [-0.25, -0.2) is 0 Å². The molecule has 1 unspecified atom stereocenters. The van der Waals surface area contributed by atoms with Gasteiger partial charge in [0.25, 0.3) is 0 Å².